The van der Waals surface area contributed by atoms with Gasteiger partial charge in [0, 0.05) is 29.3 Å². The van der Waals surface area contributed by atoms with Crippen molar-refractivity contribution in [3.63, 3.8) is 0 Å². The second-order valence-electron chi connectivity index (χ2n) is 6.70. The molecule has 0 atom stereocenters. The number of carbonyl (C=O) groups is 2. The van der Waals surface area contributed by atoms with E-state index >= 15 is 0 Å². The monoisotopic (exact) mass is 436 g/mol. The van der Waals surface area contributed by atoms with Crippen molar-refractivity contribution >= 4 is 27.8 Å². The molecule has 0 saturated carbocycles. The van der Waals surface area contributed by atoms with Crippen molar-refractivity contribution < 1.29 is 19.1 Å². The summed E-state index contributed by atoms with van der Waals surface area (Å²) in [5, 5.41) is 0. The molecule has 6 nitrogen and oxygen atoms in total. The molecule has 0 aliphatic carbocycles. The van der Waals surface area contributed by atoms with E-state index in [1.165, 1.54) is 0 Å². The molecule has 0 unspecified atom stereocenters. The molecule has 0 aliphatic rings. The number of hydrogen-bond acceptors (Lipinski definition) is 4. The number of H-pyrrole nitrogens is 1. The number of rotatable bonds is 6. The molecule has 1 amide bonds. The lowest BCUT2D eigenvalue weighted by Gasteiger charge is -2.19. The largest absolute Gasteiger partial charge is 0.496 e. The molecule has 1 heterocycles. The van der Waals surface area contributed by atoms with Gasteiger partial charge in [0.1, 0.15) is 11.4 Å². The lowest BCUT2D eigenvalue weighted by atomic mass is 10.1. The Morgan fingerprint density at radius 1 is 1.26 bits per heavy atom. The molecule has 0 aliphatic heterocycles. The predicted molar refractivity (Wildman–Crippen MR) is 107 cm³/mol. The Morgan fingerprint density at radius 2 is 1.93 bits per heavy atom. The van der Waals surface area contributed by atoms with E-state index in [-0.39, 0.29) is 12.0 Å². The maximum Gasteiger partial charge on any atom is 0.340 e. The number of ether oxygens (including phenoxy) is 2. The summed E-state index contributed by atoms with van der Waals surface area (Å²) in [7, 11) is 3.31. The molecule has 146 valence electrons. The fraction of sp³-hybridized carbons (Fsp3) is 0.400. The van der Waals surface area contributed by atoms with Crippen LogP contribution >= 0.6 is 15.9 Å². The van der Waals surface area contributed by atoms with Gasteiger partial charge in [0.15, 0.2) is 0 Å². The van der Waals surface area contributed by atoms with Crippen molar-refractivity contribution in [3.05, 3.63) is 50.8 Å². The number of aromatic nitrogens is 1. The fourth-order valence-corrected chi connectivity index (χ4v) is 3.34. The number of benzene rings is 1. The zero-order valence-corrected chi connectivity index (χ0v) is 18.1. The predicted octanol–water partition coefficient (Wildman–Crippen LogP) is 4.24. The van der Waals surface area contributed by atoms with Crippen LogP contribution in [0.2, 0.25) is 0 Å². The summed E-state index contributed by atoms with van der Waals surface area (Å²) >= 11 is 3.44. The average Bonchev–Trinajstić information content (AvgIpc) is 2.88. The Hall–Kier alpha value is -2.28. The summed E-state index contributed by atoms with van der Waals surface area (Å²) in [5.41, 5.74) is 2.90. The molecule has 0 bridgehead atoms. The summed E-state index contributed by atoms with van der Waals surface area (Å²) in [5.74, 6) is 0.0753. The number of esters is 1. The van der Waals surface area contributed by atoms with Gasteiger partial charge in [-0.2, -0.15) is 0 Å². The van der Waals surface area contributed by atoms with E-state index in [1.54, 1.807) is 46.8 Å². The van der Waals surface area contributed by atoms with Crippen LogP contribution in [-0.2, 0) is 11.3 Å². The lowest BCUT2D eigenvalue weighted by molar-refractivity contribution is 0.0376. The van der Waals surface area contributed by atoms with Gasteiger partial charge >= 0.3 is 5.97 Å². The Labute approximate surface area is 168 Å². The number of aromatic amines is 1. The zero-order valence-electron chi connectivity index (χ0n) is 16.5. The third-order valence-electron chi connectivity index (χ3n) is 4.19. The first-order chi connectivity index (χ1) is 12.6. The normalized spacial score (nSPS) is 10.8. The summed E-state index contributed by atoms with van der Waals surface area (Å²) < 4.78 is 11.6. The van der Waals surface area contributed by atoms with Crippen LogP contribution in [0.15, 0.2) is 22.7 Å². The van der Waals surface area contributed by atoms with Crippen LogP contribution in [0, 0.1) is 13.8 Å². The van der Waals surface area contributed by atoms with Crippen LogP contribution in [0.1, 0.15) is 51.5 Å². The first kappa shape index (κ1) is 21.0. The molecule has 1 aromatic carbocycles. The number of nitrogens with zero attached hydrogens (tertiary/aromatic N) is 1. The van der Waals surface area contributed by atoms with E-state index in [1.807, 2.05) is 18.2 Å². The first-order valence-corrected chi connectivity index (χ1v) is 9.43. The van der Waals surface area contributed by atoms with Gasteiger partial charge in [-0.15, -0.1) is 0 Å². The van der Waals surface area contributed by atoms with Crippen LogP contribution in [0.5, 0.6) is 5.75 Å². The molecule has 0 spiro atoms. The number of nitrogens with one attached hydrogen (secondary N) is 1. The molecule has 0 fully saturated rings. The Kier molecular flexibility index (Phi) is 6.70. The van der Waals surface area contributed by atoms with Crippen LogP contribution in [0.3, 0.4) is 0 Å². The van der Waals surface area contributed by atoms with Crippen molar-refractivity contribution in [2.45, 2.75) is 40.3 Å². The van der Waals surface area contributed by atoms with Gasteiger partial charge in [0.05, 0.1) is 18.8 Å². The third kappa shape index (κ3) is 4.71. The molecule has 1 N–H and O–H groups in total. The standard InChI is InChI=1S/C20H25BrN2O4/c1-11(2)27-20(25)17-12(3)18(22-13(17)4)19(24)23(5)10-14-9-15(21)7-8-16(14)26-6/h7-9,11,22H,10H2,1-6H3. The van der Waals surface area contributed by atoms with Crippen molar-refractivity contribution in [2.75, 3.05) is 14.2 Å². The van der Waals surface area contributed by atoms with Crippen LogP contribution in [0.25, 0.3) is 0 Å². The summed E-state index contributed by atoms with van der Waals surface area (Å²) in [6, 6.07) is 5.65. The van der Waals surface area contributed by atoms with Gasteiger partial charge in [-0.05, 0) is 51.5 Å². The Bertz CT molecular complexity index is 858. The van der Waals surface area contributed by atoms with Gasteiger partial charge in [-0.3, -0.25) is 4.79 Å². The van der Waals surface area contributed by atoms with E-state index in [4.69, 9.17) is 9.47 Å². The van der Waals surface area contributed by atoms with E-state index in [2.05, 4.69) is 20.9 Å². The number of amides is 1. The van der Waals surface area contributed by atoms with E-state index < -0.39 is 5.97 Å². The summed E-state index contributed by atoms with van der Waals surface area (Å²) in [6.45, 7) is 7.46. The zero-order chi connectivity index (χ0) is 20.3. The first-order valence-electron chi connectivity index (χ1n) is 8.63. The summed E-state index contributed by atoms with van der Waals surface area (Å²) in [4.78, 5) is 29.9. The van der Waals surface area contributed by atoms with Gasteiger partial charge < -0.3 is 19.4 Å². The summed E-state index contributed by atoms with van der Waals surface area (Å²) in [6.07, 6.45) is -0.225. The van der Waals surface area contributed by atoms with Gasteiger partial charge in [-0.25, -0.2) is 4.79 Å². The second-order valence-corrected chi connectivity index (χ2v) is 7.61. The number of hydrogen-bond donors (Lipinski definition) is 1. The van der Waals surface area contributed by atoms with Gasteiger partial charge in [0.25, 0.3) is 5.91 Å². The minimum Gasteiger partial charge on any atom is -0.496 e. The smallest absolute Gasteiger partial charge is 0.340 e. The quantitative estimate of drug-likeness (QED) is 0.687. The van der Waals surface area contributed by atoms with Crippen LogP contribution in [-0.4, -0.2) is 42.0 Å². The average molecular weight is 437 g/mol. The Balaban J connectivity index is 2.28. The van der Waals surface area contributed by atoms with Crippen LogP contribution < -0.4 is 4.74 Å². The fourth-order valence-electron chi connectivity index (χ4n) is 2.93. The van der Waals surface area contributed by atoms with Crippen molar-refractivity contribution in [1.82, 2.24) is 9.88 Å². The van der Waals surface area contributed by atoms with Crippen molar-refractivity contribution in [2.24, 2.45) is 0 Å². The molecule has 2 rings (SSSR count). The van der Waals surface area contributed by atoms with E-state index in [0.717, 1.165) is 10.0 Å². The lowest BCUT2D eigenvalue weighted by Crippen LogP contribution is -2.27. The highest BCUT2D eigenvalue weighted by Crippen LogP contribution is 2.26. The molecular formula is C20H25BrN2O4. The van der Waals surface area contributed by atoms with E-state index in [0.29, 0.717) is 34.8 Å². The maximum atomic E-state index is 13.0. The highest BCUT2D eigenvalue weighted by Gasteiger charge is 2.25. The topological polar surface area (TPSA) is 71.6 Å². The van der Waals surface area contributed by atoms with Gasteiger partial charge in [-0.1, -0.05) is 15.9 Å². The van der Waals surface area contributed by atoms with Gasteiger partial charge in [0.2, 0.25) is 0 Å². The molecular weight excluding hydrogens is 412 g/mol. The molecule has 2 aromatic rings. The van der Waals surface area contributed by atoms with Crippen molar-refractivity contribution in [3.8, 4) is 5.75 Å². The molecule has 0 saturated heterocycles. The van der Waals surface area contributed by atoms with Crippen LogP contribution in [0.4, 0.5) is 0 Å². The highest BCUT2D eigenvalue weighted by atomic mass is 79.9. The number of aryl methyl sites for hydroxylation is 1. The maximum absolute atomic E-state index is 13.0. The minimum atomic E-state index is -0.424. The SMILES string of the molecule is COc1ccc(Br)cc1CN(C)C(=O)c1[nH]c(C)c(C(=O)OC(C)C)c1C. The highest BCUT2D eigenvalue weighted by molar-refractivity contribution is 9.10. The number of halogens is 1. The Morgan fingerprint density at radius 3 is 2.52 bits per heavy atom. The molecule has 0 radical (unpaired) electrons. The molecule has 27 heavy (non-hydrogen) atoms. The molecule has 7 heteroatoms. The number of carbonyl (C=O) groups excluding carboxylic acids is 2. The van der Waals surface area contributed by atoms with Crippen molar-refractivity contribution in [1.29, 1.82) is 0 Å². The van der Waals surface area contributed by atoms with E-state index in [9.17, 15) is 9.59 Å². The number of methoxy groups -OCH3 is 1. The molecule has 1 aromatic heterocycles. The second kappa shape index (κ2) is 8.61. The minimum absolute atomic E-state index is 0.207. The third-order valence-corrected chi connectivity index (χ3v) is 4.69.